The number of aliphatic hydroxyl groups excluding tert-OH is 1. The van der Waals surface area contributed by atoms with E-state index in [9.17, 15) is 24.6 Å². The van der Waals surface area contributed by atoms with Crippen LogP contribution in [0.4, 0.5) is 0 Å². The summed E-state index contributed by atoms with van der Waals surface area (Å²) in [5.74, 6) is -2.26. The highest BCUT2D eigenvalue weighted by molar-refractivity contribution is 5.90. The zero-order valence-electron chi connectivity index (χ0n) is 26.2. The molecule has 7 heteroatoms. The first-order valence-corrected chi connectivity index (χ1v) is 15.6. The molecule has 0 aromatic rings. The van der Waals surface area contributed by atoms with Gasteiger partial charge in [0.1, 0.15) is 12.5 Å². The number of carboxylic acids is 2. The summed E-state index contributed by atoms with van der Waals surface area (Å²) < 4.78 is 5.76. The van der Waals surface area contributed by atoms with Crippen molar-refractivity contribution in [3.05, 3.63) is 23.3 Å². The molecule has 0 spiro atoms. The van der Waals surface area contributed by atoms with Crippen molar-refractivity contribution in [2.45, 2.75) is 125 Å². The molecule has 9 atom stereocenters. The second kappa shape index (κ2) is 10.8. The van der Waals surface area contributed by atoms with Gasteiger partial charge >= 0.3 is 17.9 Å². The topological polar surface area (TPSA) is 121 Å². The minimum Gasteiger partial charge on any atom is -0.481 e. The number of aliphatic hydroxyl groups is 1. The summed E-state index contributed by atoms with van der Waals surface area (Å²) in [4.78, 5) is 34.8. The monoisotopic (exact) mass is 572 g/mol. The number of aliphatic carboxylic acids is 2. The van der Waals surface area contributed by atoms with E-state index in [1.54, 1.807) is 12.5 Å². The van der Waals surface area contributed by atoms with Crippen LogP contribution in [0.2, 0.25) is 0 Å². The van der Waals surface area contributed by atoms with Crippen molar-refractivity contribution >= 4 is 17.9 Å². The zero-order valence-corrected chi connectivity index (χ0v) is 26.2. The minimum atomic E-state index is -1.17. The van der Waals surface area contributed by atoms with Crippen LogP contribution in [0.3, 0.4) is 0 Å². The van der Waals surface area contributed by atoms with Gasteiger partial charge in [-0.2, -0.15) is 0 Å². The number of fused-ring (bicyclic) bond motifs is 4. The molecule has 4 aliphatic carbocycles. The lowest BCUT2D eigenvalue weighted by molar-refractivity contribution is -0.173. The summed E-state index contributed by atoms with van der Waals surface area (Å²) in [5.41, 5.74) is 2.95. The molecule has 4 rings (SSSR count). The van der Waals surface area contributed by atoms with E-state index < -0.39 is 36.4 Å². The summed E-state index contributed by atoms with van der Waals surface area (Å²) in [6, 6.07) is 0. The van der Waals surface area contributed by atoms with Crippen molar-refractivity contribution in [1.82, 2.24) is 0 Å². The van der Waals surface area contributed by atoms with Gasteiger partial charge in [0.05, 0.1) is 12.0 Å². The van der Waals surface area contributed by atoms with Crippen LogP contribution in [0.15, 0.2) is 23.3 Å². The average Bonchev–Trinajstić information content (AvgIpc) is 3.16. The van der Waals surface area contributed by atoms with Gasteiger partial charge in [-0.1, -0.05) is 64.8 Å². The van der Waals surface area contributed by atoms with Crippen LogP contribution in [0.5, 0.6) is 0 Å². The Kier molecular flexibility index (Phi) is 8.40. The highest BCUT2D eigenvalue weighted by atomic mass is 16.5. The number of hydrogen-bond donors (Lipinski definition) is 3. The van der Waals surface area contributed by atoms with E-state index in [2.05, 4.69) is 48.1 Å². The second-order valence-corrected chi connectivity index (χ2v) is 15.1. The van der Waals surface area contributed by atoms with Crippen LogP contribution >= 0.6 is 0 Å². The predicted octanol–water partition coefficient (Wildman–Crippen LogP) is 6.79. The Morgan fingerprint density at radius 3 is 2.27 bits per heavy atom. The molecule has 0 amide bonds. The molecule has 2 saturated carbocycles. The Balaban J connectivity index is 1.59. The maximum absolute atomic E-state index is 12.3. The molecule has 7 nitrogen and oxygen atoms in total. The Bertz CT molecular complexity index is 1140. The lowest BCUT2D eigenvalue weighted by Gasteiger charge is -2.63. The van der Waals surface area contributed by atoms with E-state index in [4.69, 9.17) is 9.84 Å². The number of allylic oxidation sites excluding steroid dienone is 1. The third-order valence-electron chi connectivity index (χ3n) is 13.0. The van der Waals surface area contributed by atoms with E-state index >= 15 is 0 Å². The number of carboxylic acid groups (broad SMARTS) is 2. The largest absolute Gasteiger partial charge is 0.481 e. The number of esters is 1. The van der Waals surface area contributed by atoms with Gasteiger partial charge < -0.3 is 20.1 Å². The Morgan fingerprint density at radius 2 is 1.66 bits per heavy atom. The van der Waals surface area contributed by atoms with E-state index in [-0.39, 0.29) is 33.7 Å². The molecule has 0 aliphatic heterocycles. The maximum Gasteiger partial charge on any atom is 0.317 e. The smallest absolute Gasteiger partial charge is 0.317 e. The van der Waals surface area contributed by atoms with Gasteiger partial charge in [-0.05, 0) is 93.3 Å². The quantitative estimate of drug-likeness (QED) is 0.158. The molecule has 2 fully saturated rings. The molecular formula is C34H52O7. The number of hydrogen-bond acceptors (Lipinski definition) is 5. The molecule has 0 radical (unpaired) electrons. The lowest BCUT2D eigenvalue weighted by Crippen LogP contribution is -2.58. The molecule has 3 N–H and O–H groups in total. The number of carbonyl (C=O) groups excluding carboxylic acids is 1. The second-order valence-electron chi connectivity index (χ2n) is 15.1. The third-order valence-corrected chi connectivity index (χ3v) is 13.0. The Morgan fingerprint density at radius 1 is 1.00 bits per heavy atom. The van der Waals surface area contributed by atoms with Gasteiger partial charge in [0.2, 0.25) is 0 Å². The standard InChI is InChI=1S/C34H52O7/c1-19(21(3)30(39)40)9-10-20(2)22-13-16-33(7)23-11-12-25-31(4,5)27(41-29(38)18-28(36)37)14-15-32(25,6)24(23)17-26(35)34(22,33)8/h20-22,25-27,35H,1,9-18H2,2-8H3,(H,36,37)(H,39,40)/t20-,21-,22-,25?,26+,27-,32-,33?,34+/m1/s1. The maximum atomic E-state index is 12.3. The van der Waals surface area contributed by atoms with E-state index in [0.29, 0.717) is 31.1 Å². The van der Waals surface area contributed by atoms with Crippen LogP contribution in [0, 0.1) is 45.3 Å². The summed E-state index contributed by atoms with van der Waals surface area (Å²) in [6.07, 6.45) is 6.43. The predicted molar refractivity (Wildman–Crippen MR) is 157 cm³/mol. The highest BCUT2D eigenvalue weighted by Gasteiger charge is 2.66. The number of ether oxygens (including phenoxy) is 1. The Labute approximate surface area is 245 Å². The average molecular weight is 573 g/mol. The third kappa shape index (κ3) is 4.98. The SMILES string of the molecule is C=C(CC[C@@H](C)[C@H]1CCC2(C)C3=C(C[C@H](O)[C@]12C)[C@@]1(C)CC[C@@H](OC(=O)CC(=O)O)C(C)(C)C1CC3)[C@@H](C)C(=O)O. The van der Waals surface area contributed by atoms with Gasteiger partial charge in [0.25, 0.3) is 0 Å². The fraction of sp³-hybridized carbons (Fsp3) is 0.794. The first-order chi connectivity index (χ1) is 18.9. The molecule has 0 bridgehead atoms. The Hall–Kier alpha value is -2.15. The lowest BCUT2D eigenvalue weighted by atomic mass is 9.42. The molecule has 41 heavy (non-hydrogen) atoms. The van der Waals surface area contributed by atoms with Crippen molar-refractivity contribution in [3.63, 3.8) is 0 Å². The van der Waals surface area contributed by atoms with Crippen LogP contribution in [0.1, 0.15) is 113 Å². The van der Waals surface area contributed by atoms with Gasteiger partial charge in [0, 0.05) is 10.8 Å². The molecule has 0 aromatic carbocycles. The zero-order chi connectivity index (χ0) is 30.7. The first-order valence-electron chi connectivity index (χ1n) is 15.6. The van der Waals surface area contributed by atoms with E-state index in [1.807, 2.05) is 0 Å². The number of carbonyl (C=O) groups is 3. The van der Waals surface area contributed by atoms with Crippen molar-refractivity contribution in [2.24, 2.45) is 45.3 Å². The summed E-state index contributed by atoms with van der Waals surface area (Å²) >= 11 is 0. The van der Waals surface area contributed by atoms with Gasteiger partial charge in [-0.25, -0.2) is 0 Å². The van der Waals surface area contributed by atoms with Gasteiger partial charge in [0.15, 0.2) is 0 Å². The van der Waals surface area contributed by atoms with E-state index in [0.717, 1.165) is 44.1 Å². The molecular weight excluding hydrogens is 520 g/mol. The summed E-state index contributed by atoms with van der Waals surface area (Å²) in [7, 11) is 0. The molecule has 230 valence electrons. The van der Waals surface area contributed by atoms with Crippen LogP contribution in [0.25, 0.3) is 0 Å². The van der Waals surface area contributed by atoms with Crippen molar-refractivity contribution in [1.29, 1.82) is 0 Å². The molecule has 4 aliphatic rings. The van der Waals surface area contributed by atoms with Crippen LogP contribution in [-0.4, -0.2) is 45.4 Å². The fourth-order valence-corrected chi connectivity index (χ4v) is 10.2. The molecule has 0 aromatic heterocycles. The van der Waals surface area contributed by atoms with Crippen molar-refractivity contribution in [2.75, 3.05) is 0 Å². The normalized spacial score (nSPS) is 39.1. The van der Waals surface area contributed by atoms with Crippen LogP contribution < -0.4 is 0 Å². The van der Waals surface area contributed by atoms with Gasteiger partial charge in [-0.15, -0.1) is 0 Å². The van der Waals surface area contributed by atoms with E-state index in [1.165, 1.54) is 5.57 Å². The molecule has 0 heterocycles. The summed E-state index contributed by atoms with van der Waals surface area (Å²) in [5, 5.41) is 30.5. The summed E-state index contributed by atoms with van der Waals surface area (Å²) in [6.45, 7) is 19.4. The van der Waals surface area contributed by atoms with Crippen molar-refractivity contribution in [3.8, 4) is 0 Å². The fourth-order valence-electron chi connectivity index (χ4n) is 10.2. The number of rotatable bonds is 9. The first kappa shape index (κ1) is 31.8. The highest BCUT2D eigenvalue weighted by Crippen LogP contribution is 2.72. The van der Waals surface area contributed by atoms with Crippen LogP contribution in [-0.2, 0) is 19.1 Å². The van der Waals surface area contributed by atoms with Gasteiger partial charge in [-0.3, -0.25) is 14.4 Å². The molecule has 0 saturated heterocycles. The van der Waals surface area contributed by atoms with Crippen molar-refractivity contribution < 1.29 is 34.4 Å². The molecule has 2 unspecified atom stereocenters. The minimum absolute atomic E-state index is 0.104.